The van der Waals surface area contributed by atoms with Crippen molar-refractivity contribution in [3.8, 4) is 0 Å². The lowest BCUT2D eigenvalue weighted by atomic mass is 9.84. The summed E-state index contributed by atoms with van der Waals surface area (Å²) in [4.78, 5) is 0.381. The second-order valence-electron chi connectivity index (χ2n) is 8.49. The minimum Gasteiger partial charge on any atom is -0.361 e. The first kappa shape index (κ1) is 19.6. The van der Waals surface area contributed by atoms with Gasteiger partial charge in [0.2, 0.25) is 10.0 Å². The Kier molecular flexibility index (Phi) is 5.61. The molecule has 2 aromatic rings. The molecule has 1 aliphatic heterocycles. The quantitative estimate of drug-likeness (QED) is 0.674. The van der Waals surface area contributed by atoms with Gasteiger partial charge in [0.15, 0.2) is 0 Å². The van der Waals surface area contributed by atoms with Gasteiger partial charge in [0.25, 0.3) is 0 Å². The number of nitrogens with zero attached hydrogens (tertiary/aromatic N) is 2. The molecule has 0 unspecified atom stereocenters. The minimum absolute atomic E-state index is 0.236. The number of benzene rings is 1. The molecule has 2 heterocycles. The Bertz CT molecular complexity index is 896. The van der Waals surface area contributed by atoms with E-state index >= 15 is 0 Å². The maximum absolute atomic E-state index is 13.3. The molecule has 1 saturated carbocycles. The summed E-state index contributed by atoms with van der Waals surface area (Å²) >= 11 is 0. The van der Waals surface area contributed by atoms with Crippen LogP contribution in [0.5, 0.6) is 0 Å². The van der Waals surface area contributed by atoms with Crippen molar-refractivity contribution in [1.29, 1.82) is 0 Å². The van der Waals surface area contributed by atoms with E-state index in [-0.39, 0.29) is 12.0 Å². The van der Waals surface area contributed by atoms with Gasteiger partial charge in [-0.2, -0.15) is 4.31 Å². The van der Waals surface area contributed by atoms with Crippen LogP contribution in [0.15, 0.2) is 39.8 Å². The Hall–Kier alpha value is -1.66. The van der Waals surface area contributed by atoms with E-state index in [9.17, 15) is 8.42 Å². The number of sulfonamides is 1. The molecule has 4 rings (SSSR count). The molecule has 1 aliphatic carbocycles. The van der Waals surface area contributed by atoms with Crippen LogP contribution < -0.4 is 0 Å². The number of hydrogen-bond acceptors (Lipinski definition) is 4. The Labute approximate surface area is 168 Å². The summed E-state index contributed by atoms with van der Waals surface area (Å²) in [6.45, 7) is 4.61. The maximum Gasteiger partial charge on any atom is 0.243 e. The van der Waals surface area contributed by atoms with Gasteiger partial charge in [-0.25, -0.2) is 8.42 Å². The number of hydrogen-bond donors (Lipinski definition) is 0. The fourth-order valence-electron chi connectivity index (χ4n) is 4.54. The zero-order chi connectivity index (χ0) is 19.7. The van der Waals surface area contributed by atoms with Crippen LogP contribution in [0.25, 0.3) is 0 Å². The molecule has 28 heavy (non-hydrogen) atoms. The van der Waals surface area contributed by atoms with Crippen LogP contribution in [-0.4, -0.2) is 24.4 Å². The molecule has 1 atom stereocenters. The smallest absolute Gasteiger partial charge is 0.243 e. The lowest BCUT2D eigenvalue weighted by molar-refractivity contribution is 0.338. The average Bonchev–Trinajstić information content (AvgIpc) is 3.38. The molecule has 0 radical (unpaired) electrons. The van der Waals surface area contributed by atoms with Crippen molar-refractivity contribution in [2.45, 2.75) is 81.6 Å². The Morgan fingerprint density at radius 3 is 2.39 bits per heavy atom. The second-order valence-corrected chi connectivity index (χ2v) is 10.4. The highest BCUT2D eigenvalue weighted by Gasteiger charge is 2.38. The third kappa shape index (κ3) is 3.77. The Morgan fingerprint density at radius 2 is 1.75 bits per heavy atom. The van der Waals surface area contributed by atoms with Crippen LogP contribution in [0.3, 0.4) is 0 Å². The van der Waals surface area contributed by atoms with Crippen LogP contribution in [0.2, 0.25) is 0 Å². The predicted molar refractivity (Wildman–Crippen MR) is 109 cm³/mol. The molecule has 0 amide bonds. The van der Waals surface area contributed by atoms with E-state index in [0.717, 1.165) is 24.3 Å². The van der Waals surface area contributed by atoms with E-state index in [1.54, 1.807) is 16.4 Å². The van der Waals surface area contributed by atoms with Crippen LogP contribution in [0.1, 0.15) is 93.7 Å². The maximum atomic E-state index is 13.3. The molecule has 0 bridgehead atoms. The summed E-state index contributed by atoms with van der Waals surface area (Å²) in [6, 6.07) is 9.28. The van der Waals surface area contributed by atoms with E-state index in [2.05, 4.69) is 5.16 Å². The van der Waals surface area contributed by atoms with E-state index in [1.165, 1.54) is 37.7 Å². The zero-order valence-corrected chi connectivity index (χ0v) is 17.6. The third-order valence-corrected chi connectivity index (χ3v) is 8.15. The molecule has 6 heteroatoms. The van der Waals surface area contributed by atoms with Crippen molar-refractivity contribution in [1.82, 2.24) is 9.46 Å². The third-order valence-electron chi connectivity index (χ3n) is 6.22. The van der Waals surface area contributed by atoms with Crippen LogP contribution in [0, 0.1) is 0 Å². The monoisotopic (exact) mass is 402 g/mol. The second kappa shape index (κ2) is 7.99. The van der Waals surface area contributed by atoms with E-state index in [1.807, 2.05) is 32.0 Å². The van der Waals surface area contributed by atoms with E-state index in [4.69, 9.17) is 4.52 Å². The van der Waals surface area contributed by atoms with Crippen molar-refractivity contribution in [2.75, 3.05) is 6.54 Å². The molecule has 0 N–H and O–H groups in total. The molecule has 2 fully saturated rings. The molecule has 1 saturated heterocycles. The van der Waals surface area contributed by atoms with Crippen molar-refractivity contribution < 1.29 is 12.9 Å². The molecule has 5 nitrogen and oxygen atoms in total. The summed E-state index contributed by atoms with van der Waals surface area (Å²) in [5.41, 5.74) is 2.00. The van der Waals surface area contributed by atoms with Gasteiger partial charge in [0.05, 0.1) is 10.9 Å². The van der Waals surface area contributed by atoms with Gasteiger partial charge in [-0.05, 0) is 49.3 Å². The van der Waals surface area contributed by atoms with Gasteiger partial charge in [-0.1, -0.05) is 50.4 Å². The van der Waals surface area contributed by atoms with Gasteiger partial charge >= 0.3 is 0 Å². The number of rotatable bonds is 5. The van der Waals surface area contributed by atoms with Crippen LogP contribution in [0.4, 0.5) is 0 Å². The summed E-state index contributed by atoms with van der Waals surface area (Å²) < 4.78 is 33.6. The fourth-order valence-corrected chi connectivity index (χ4v) is 6.21. The predicted octanol–water partition coefficient (Wildman–Crippen LogP) is 5.37. The zero-order valence-electron chi connectivity index (χ0n) is 16.8. The van der Waals surface area contributed by atoms with Gasteiger partial charge in [0.1, 0.15) is 11.5 Å². The summed E-state index contributed by atoms with van der Waals surface area (Å²) in [6.07, 6.45) is 7.92. The van der Waals surface area contributed by atoms with Crippen molar-refractivity contribution >= 4 is 10.0 Å². The Balaban J connectivity index is 1.56. The summed E-state index contributed by atoms with van der Waals surface area (Å²) in [5, 5.41) is 4.17. The molecule has 0 spiro atoms. The van der Waals surface area contributed by atoms with Crippen molar-refractivity contribution in [2.24, 2.45) is 0 Å². The summed E-state index contributed by atoms with van der Waals surface area (Å²) in [7, 11) is -3.54. The van der Waals surface area contributed by atoms with Crippen molar-refractivity contribution in [3.63, 3.8) is 0 Å². The van der Waals surface area contributed by atoms with Gasteiger partial charge in [0, 0.05) is 18.5 Å². The average molecular weight is 403 g/mol. The minimum atomic E-state index is -3.54. The van der Waals surface area contributed by atoms with E-state index < -0.39 is 10.0 Å². The lowest BCUT2D eigenvalue weighted by Gasteiger charge is -2.24. The van der Waals surface area contributed by atoms with Crippen LogP contribution in [-0.2, 0) is 10.0 Å². The van der Waals surface area contributed by atoms with E-state index in [0.29, 0.717) is 17.4 Å². The fraction of sp³-hybridized carbons (Fsp3) is 0.591. The molecule has 1 aromatic heterocycles. The number of aromatic nitrogens is 1. The standard InChI is InChI=1S/C22H30N2O3S/c1-16(2)22-15-20(23-27-22)21-9-6-14-24(21)28(25,26)19-12-10-18(11-13-19)17-7-4-3-5-8-17/h10-13,15-17,21H,3-9,14H2,1-2H3/t21-/m0/s1. The highest BCUT2D eigenvalue weighted by molar-refractivity contribution is 7.89. The normalized spacial score (nSPS) is 22.2. The summed E-state index contributed by atoms with van der Waals surface area (Å²) in [5.74, 6) is 1.62. The SMILES string of the molecule is CC(C)c1cc([C@@H]2CCCN2S(=O)(=O)c2ccc(C3CCCCC3)cc2)no1. The molecular formula is C22H30N2O3S. The first-order valence-corrected chi connectivity index (χ1v) is 12.0. The lowest BCUT2D eigenvalue weighted by Crippen LogP contribution is -2.30. The van der Waals surface area contributed by atoms with Crippen LogP contribution >= 0.6 is 0 Å². The van der Waals surface area contributed by atoms with Gasteiger partial charge < -0.3 is 4.52 Å². The Morgan fingerprint density at radius 1 is 1.04 bits per heavy atom. The first-order chi connectivity index (χ1) is 13.5. The highest BCUT2D eigenvalue weighted by atomic mass is 32.2. The van der Waals surface area contributed by atoms with Crippen molar-refractivity contribution in [3.05, 3.63) is 47.3 Å². The largest absolute Gasteiger partial charge is 0.361 e. The first-order valence-electron chi connectivity index (χ1n) is 10.5. The molecule has 1 aromatic carbocycles. The topological polar surface area (TPSA) is 63.4 Å². The molecule has 152 valence electrons. The van der Waals surface area contributed by atoms with Gasteiger partial charge in [-0.3, -0.25) is 0 Å². The highest BCUT2D eigenvalue weighted by Crippen LogP contribution is 2.38. The molecular weight excluding hydrogens is 372 g/mol. The van der Waals surface area contributed by atoms with Gasteiger partial charge in [-0.15, -0.1) is 0 Å². The molecule has 2 aliphatic rings.